The number of fused-ring (bicyclic) bond motifs is 1. The maximum Gasteiger partial charge on any atom is 0.261 e. The molecule has 1 aliphatic heterocycles. The number of imide groups is 1. The quantitative estimate of drug-likeness (QED) is 0.530. The normalized spacial score (nSPS) is 13.4. The molecule has 0 bridgehead atoms. The molecule has 5 nitrogen and oxygen atoms in total. The van der Waals surface area contributed by atoms with Gasteiger partial charge in [0, 0.05) is 18.7 Å². The van der Waals surface area contributed by atoms with Crippen LogP contribution in [0.25, 0.3) is 0 Å². The molecule has 0 radical (unpaired) electrons. The molecule has 142 valence electrons. The van der Waals surface area contributed by atoms with Gasteiger partial charge in [0.1, 0.15) is 5.75 Å². The number of amides is 2. The van der Waals surface area contributed by atoms with Crippen molar-refractivity contribution in [1.29, 1.82) is 0 Å². The number of ether oxygens (including phenoxy) is 1. The zero-order valence-corrected chi connectivity index (χ0v) is 16.2. The molecule has 0 saturated heterocycles. The van der Waals surface area contributed by atoms with Gasteiger partial charge in [0.15, 0.2) is 0 Å². The van der Waals surface area contributed by atoms with Gasteiger partial charge in [-0.25, -0.2) is 0 Å². The standard InChI is InChI=1S/C22H26N2O3/c1-16-10-11-20(27-3)17(14-16)15-23(2)12-6-7-13-24-21(25)18-8-4-5-9-19(18)22(24)26/h4-5,8-11,14H,6-7,12-13,15H2,1-3H3. The highest BCUT2D eigenvalue weighted by Gasteiger charge is 2.34. The second-order valence-corrected chi connectivity index (χ2v) is 7.07. The van der Waals surface area contributed by atoms with E-state index in [1.165, 1.54) is 16.0 Å². The molecule has 0 atom stereocenters. The summed E-state index contributed by atoms with van der Waals surface area (Å²) in [6.07, 6.45) is 1.71. The number of rotatable bonds is 8. The highest BCUT2D eigenvalue weighted by atomic mass is 16.5. The van der Waals surface area contributed by atoms with Gasteiger partial charge >= 0.3 is 0 Å². The summed E-state index contributed by atoms with van der Waals surface area (Å²) in [6, 6.07) is 13.2. The monoisotopic (exact) mass is 366 g/mol. The van der Waals surface area contributed by atoms with E-state index in [2.05, 4.69) is 24.9 Å². The predicted molar refractivity (Wildman–Crippen MR) is 105 cm³/mol. The van der Waals surface area contributed by atoms with Crippen LogP contribution in [0.3, 0.4) is 0 Å². The van der Waals surface area contributed by atoms with E-state index in [1.807, 2.05) is 12.1 Å². The molecule has 0 spiro atoms. The summed E-state index contributed by atoms with van der Waals surface area (Å²) < 4.78 is 5.44. The minimum atomic E-state index is -0.173. The first kappa shape index (κ1) is 19.1. The molecule has 1 aliphatic rings. The molecule has 0 aromatic heterocycles. The smallest absolute Gasteiger partial charge is 0.261 e. The average Bonchev–Trinajstić information content (AvgIpc) is 2.90. The van der Waals surface area contributed by atoms with Gasteiger partial charge in [-0.1, -0.05) is 29.8 Å². The predicted octanol–water partition coefficient (Wildman–Crippen LogP) is 3.51. The van der Waals surface area contributed by atoms with Gasteiger partial charge in [0.2, 0.25) is 0 Å². The first-order valence-corrected chi connectivity index (χ1v) is 9.28. The third-order valence-electron chi connectivity index (χ3n) is 4.93. The largest absolute Gasteiger partial charge is 0.496 e. The Hall–Kier alpha value is -2.66. The maximum absolute atomic E-state index is 12.4. The van der Waals surface area contributed by atoms with Crippen LogP contribution in [0, 0.1) is 6.92 Å². The molecule has 5 heteroatoms. The Morgan fingerprint density at radius 2 is 1.67 bits per heavy atom. The summed E-state index contributed by atoms with van der Waals surface area (Å²) in [5.41, 5.74) is 3.42. The van der Waals surface area contributed by atoms with Crippen molar-refractivity contribution in [3.05, 3.63) is 64.7 Å². The lowest BCUT2D eigenvalue weighted by Gasteiger charge is -2.19. The third kappa shape index (κ3) is 4.19. The summed E-state index contributed by atoms with van der Waals surface area (Å²) in [6.45, 7) is 4.23. The summed E-state index contributed by atoms with van der Waals surface area (Å²) in [5, 5.41) is 0. The van der Waals surface area contributed by atoms with Crippen molar-refractivity contribution in [3.63, 3.8) is 0 Å². The lowest BCUT2D eigenvalue weighted by Crippen LogP contribution is -2.31. The topological polar surface area (TPSA) is 49.9 Å². The lowest BCUT2D eigenvalue weighted by molar-refractivity contribution is 0.0650. The van der Waals surface area contributed by atoms with E-state index in [1.54, 1.807) is 31.4 Å². The lowest BCUT2D eigenvalue weighted by atomic mass is 10.1. The Labute approximate surface area is 160 Å². The fourth-order valence-corrected chi connectivity index (χ4v) is 3.49. The van der Waals surface area contributed by atoms with E-state index in [4.69, 9.17) is 4.74 Å². The fourth-order valence-electron chi connectivity index (χ4n) is 3.49. The van der Waals surface area contributed by atoms with Crippen molar-refractivity contribution in [3.8, 4) is 5.75 Å². The molecule has 2 aromatic rings. The Morgan fingerprint density at radius 1 is 1.00 bits per heavy atom. The second kappa shape index (κ2) is 8.35. The van der Waals surface area contributed by atoms with Crippen molar-refractivity contribution in [1.82, 2.24) is 9.80 Å². The minimum Gasteiger partial charge on any atom is -0.496 e. The number of carbonyl (C=O) groups excluding carboxylic acids is 2. The van der Waals surface area contributed by atoms with Crippen LogP contribution < -0.4 is 4.74 Å². The molecule has 0 fully saturated rings. The van der Waals surface area contributed by atoms with Crippen molar-refractivity contribution in [2.75, 3.05) is 27.2 Å². The highest BCUT2D eigenvalue weighted by molar-refractivity contribution is 6.21. The number of nitrogens with zero attached hydrogens (tertiary/aromatic N) is 2. The van der Waals surface area contributed by atoms with Gasteiger partial charge in [0.25, 0.3) is 11.8 Å². The van der Waals surface area contributed by atoms with Crippen LogP contribution in [0.15, 0.2) is 42.5 Å². The second-order valence-electron chi connectivity index (χ2n) is 7.07. The van der Waals surface area contributed by atoms with Gasteiger partial charge in [-0.15, -0.1) is 0 Å². The number of methoxy groups -OCH3 is 1. The summed E-state index contributed by atoms with van der Waals surface area (Å²) in [5.74, 6) is 0.556. The Bertz CT molecular complexity index is 812. The van der Waals surface area contributed by atoms with Crippen LogP contribution in [0.5, 0.6) is 5.75 Å². The average molecular weight is 366 g/mol. The SMILES string of the molecule is COc1ccc(C)cc1CN(C)CCCCN1C(=O)c2ccccc2C1=O. The molecule has 2 amide bonds. The van der Waals surface area contributed by atoms with Gasteiger partial charge in [0.05, 0.1) is 18.2 Å². The first-order chi connectivity index (χ1) is 13.0. The number of unbranched alkanes of at least 4 members (excludes halogenated alkanes) is 1. The zero-order valence-electron chi connectivity index (χ0n) is 16.2. The summed E-state index contributed by atoms with van der Waals surface area (Å²) in [4.78, 5) is 28.3. The number of aryl methyl sites for hydroxylation is 1. The van der Waals surface area contributed by atoms with E-state index >= 15 is 0 Å². The number of carbonyl (C=O) groups is 2. The number of benzene rings is 2. The van der Waals surface area contributed by atoms with Gasteiger partial charge < -0.3 is 9.64 Å². The van der Waals surface area contributed by atoms with Crippen LogP contribution in [-0.2, 0) is 6.54 Å². The van der Waals surface area contributed by atoms with Crippen LogP contribution in [0.2, 0.25) is 0 Å². The van der Waals surface area contributed by atoms with E-state index in [0.717, 1.165) is 31.7 Å². The van der Waals surface area contributed by atoms with Gasteiger partial charge in [-0.05, 0) is 51.6 Å². The number of hydrogen-bond acceptors (Lipinski definition) is 4. The Kier molecular flexibility index (Phi) is 5.91. The molecule has 0 unspecified atom stereocenters. The minimum absolute atomic E-state index is 0.173. The Morgan fingerprint density at radius 3 is 2.30 bits per heavy atom. The van der Waals surface area contributed by atoms with Crippen molar-refractivity contribution in [2.24, 2.45) is 0 Å². The van der Waals surface area contributed by atoms with Crippen LogP contribution >= 0.6 is 0 Å². The number of hydrogen-bond donors (Lipinski definition) is 0. The maximum atomic E-state index is 12.4. The van der Waals surface area contributed by atoms with Crippen LogP contribution in [0.4, 0.5) is 0 Å². The molecule has 27 heavy (non-hydrogen) atoms. The van der Waals surface area contributed by atoms with Gasteiger partial charge in [-0.2, -0.15) is 0 Å². The van der Waals surface area contributed by atoms with Crippen molar-refractivity contribution >= 4 is 11.8 Å². The molecule has 0 N–H and O–H groups in total. The van der Waals surface area contributed by atoms with Crippen molar-refractivity contribution in [2.45, 2.75) is 26.3 Å². The zero-order chi connectivity index (χ0) is 19.4. The molecule has 0 aliphatic carbocycles. The summed E-state index contributed by atoms with van der Waals surface area (Å²) in [7, 11) is 3.76. The molecule has 0 saturated carbocycles. The Balaban J connectivity index is 1.48. The molecular formula is C22H26N2O3. The molecular weight excluding hydrogens is 340 g/mol. The third-order valence-corrected chi connectivity index (χ3v) is 4.93. The van der Waals surface area contributed by atoms with E-state index in [9.17, 15) is 9.59 Å². The summed E-state index contributed by atoms with van der Waals surface area (Å²) >= 11 is 0. The molecule has 1 heterocycles. The highest BCUT2D eigenvalue weighted by Crippen LogP contribution is 2.23. The van der Waals surface area contributed by atoms with E-state index < -0.39 is 0 Å². The molecule has 3 rings (SSSR count). The molecule has 2 aromatic carbocycles. The van der Waals surface area contributed by atoms with Crippen LogP contribution in [0.1, 0.15) is 44.7 Å². The fraction of sp³-hybridized carbons (Fsp3) is 0.364. The first-order valence-electron chi connectivity index (χ1n) is 9.28. The van der Waals surface area contributed by atoms with Gasteiger partial charge in [-0.3, -0.25) is 14.5 Å². The van der Waals surface area contributed by atoms with Crippen molar-refractivity contribution < 1.29 is 14.3 Å². The van der Waals surface area contributed by atoms with E-state index in [0.29, 0.717) is 17.7 Å². The van der Waals surface area contributed by atoms with E-state index in [-0.39, 0.29) is 11.8 Å². The van der Waals surface area contributed by atoms with Crippen LogP contribution in [-0.4, -0.2) is 48.9 Å².